The lowest BCUT2D eigenvalue weighted by Gasteiger charge is -2.16. The van der Waals surface area contributed by atoms with Crippen LogP contribution in [0.2, 0.25) is 0 Å². The predicted octanol–water partition coefficient (Wildman–Crippen LogP) is 0.712. The number of urea groups is 1. The van der Waals surface area contributed by atoms with Gasteiger partial charge in [0.2, 0.25) is 0 Å². The molecule has 18 heavy (non-hydrogen) atoms. The molecule has 0 radical (unpaired) electrons. The van der Waals surface area contributed by atoms with Gasteiger partial charge in [-0.1, -0.05) is 5.16 Å². The number of nitriles is 1. The van der Waals surface area contributed by atoms with Crippen molar-refractivity contribution in [2.75, 3.05) is 4.90 Å². The third kappa shape index (κ3) is 1.80. The Balaban J connectivity index is 2.32. The summed E-state index contributed by atoms with van der Waals surface area (Å²) in [7, 11) is 0. The molecule has 0 bridgehead atoms. The second-order valence-electron chi connectivity index (χ2n) is 4.81. The molecule has 7 nitrogen and oxygen atoms in total. The van der Waals surface area contributed by atoms with E-state index in [0.717, 1.165) is 4.90 Å². The topological polar surface area (TPSA) is 102 Å². The van der Waals surface area contributed by atoms with Crippen LogP contribution in [0.15, 0.2) is 10.6 Å². The van der Waals surface area contributed by atoms with Crippen molar-refractivity contribution >= 4 is 11.8 Å². The highest BCUT2D eigenvalue weighted by Crippen LogP contribution is 2.28. The minimum absolute atomic E-state index is 0.197. The number of carbonyl (C=O) groups excluding carboxylic acids is 1. The van der Waals surface area contributed by atoms with E-state index < -0.39 is 17.7 Å². The summed E-state index contributed by atoms with van der Waals surface area (Å²) in [5.74, 6) is 0.544. The van der Waals surface area contributed by atoms with E-state index in [1.165, 1.54) is 6.07 Å². The smallest absolute Gasteiger partial charge is 0.325 e. The Hall–Kier alpha value is -2.07. The van der Waals surface area contributed by atoms with Crippen LogP contribution in [0.1, 0.15) is 26.5 Å². The zero-order valence-electron chi connectivity index (χ0n) is 10.3. The summed E-state index contributed by atoms with van der Waals surface area (Å²) in [4.78, 5) is 12.7. The number of anilines is 1. The number of aliphatic hydroxyl groups is 1. The molecule has 1 aromatic heterocycles. The number of amides is 2. The fourth-order valence-corrected chi connectivity index (χ4v) is 1.65. The lowest BCUT2D eigenvalue weighted by atomic mass is 9.92. The van der Waals surface area contributed by atoms with Gasteiger partial charge < -0.3 is 14.9 Å². The molecule has 1 saturated heterocycles. The van der Waals surface area contributed by atoms with E-state index in [1.54, 1.807) is 20.8 Å². The molecule has 0 spiro atoms. The molecule has 1 fully saturated rings. The molecule has 2 rings (SSSR count). The molecule has 0 aliphatic carbocycles. The Morgan fingerprint density at radius 3 is 2.83 bits per heavy atom. The number of nitrogens with one attached hydrogen (secondary N) is 1. The summed E-state index contributed by atoms with van der Waals surface area (Å²) in [6.07, 6.45) is -0.999. The minimum Gasteiger partial charge on any atom is -0.371 e. The fraction of sp³-hybridized carbons (Fsp3) is 0.545. The number of hydrogen-bond acceptors (Lipinski definition) is 5. The molecular formula is C11H14N4O3. The summed E-state index contributed by atoms with van der Waals surface area (Å²) in [5.41, 5.74) is -0.835. The van der Waals surface area contributed by atoms with Gasteiger partial charge in [-0.3, -0.25) is 0 Å². The van der Waals surface area contributed by atoms with Crippen molar-refractivity contribution in [2.45, 2.75) is 38.5 Å². The Bertz CT molecular complexity index is 517. The Morgan fingerprint density at radius 2 is 2.33 bits per heavy atom. The molecule has 1 aliphatic rings. The van der Waals surface area contributed by atoms with E-state index in [9.17, 15) is 9.90 Å². The summed E-state index contributed by atoms with van der Waals surface area (Å²) in [5, 5.41) is 25.1. The quantitative estimate of drug-likeness (QED) is 0.804. The van der Waals surface area contributed by atoms with Gasteiger partial charge >= 0.3 is 6.03 Å². The largest absolute Gasteiger partial charge is 0.371 e. The molecule has 96 valence electrons. The van der Waals surface area contributed by atoms with Crippen molar-refractivity contribution in [2.24, 2.45) is 0 Å². The molecule has 2 amide bonds. The van der Waals surface area contributed by atoms with Crippen LogP contribution in [0.4, 0.5) is 10.6 Å². The Morgan fingerprint density at radius 1 is 1.67 bits per heavy atom. The molecule has 1 aliphatic heterocycles. The van der Waals surface area contributed by atoms with Crippen LogP contribution in [0, 0.1) is 11.3 Å². The maximum Gasteiger partial charge on any atom is 0.325 e. The maximum absolute atomic E-state index is 11.6. The molecule has 2 heterocycles. The summed E-state index contributed by atoms with van der Waals surface area (Å²) in [6, 6.07) is 2.74. The molecule has 0 saturated carbocycles. The van der Waals surface area contributed by atoms with Gasteiger partial charge in [-0.25, -0.2) is 9.69 Å². The predicted molar refractivity (Wildman–Crippen MR) is 61.6 cm³/mol. The minimum atomic E-state index is -0.999. The van der Waals surface area contributed by atoms with E-state index in [0.29, 0.717) is 5.76 Å². The first-order chi connectivity index (χ1) is 8.36. The molecule has 2 N–H and O–H groups in total. The normalized spacial score (nSPS) is 23.9. The summed E-state index contributed by atoms with van der Waals surface area (Å²) in [6.45, 7) is 5.05. The van der Waals surface area contributed by atoms with Gasteiger partial charge in [-0.2, -0.15) is 5.26 Å². The van der Waals surface area contributed by atoms with Crippen molar-refractivity contribution < 1.29 is 14.4 Å². The van der Waals surface area contributed by atoms with Crippen molar-refractivity contribution in [3.8, 4) is 6.07 Å². The molecule has 2 unspecified atom stereocenters. The fourth-order valence-electron chi connectivity index (χ4n) is 1.65. The van der Waals surface area contributed by atoms with E-state index in [4.69, 9.17) is 9.78 Å². The Kier molecular flexibility index (Phi) is 2.75. The number of rotatable bonds is 2. The highest BCUT2D eigenvalue weighted by molar-refractivity contribution is 5.94. The van der Waals surface area contributed by atoms with Crippen LogP contribution < -0.4 is 10.2 Å². The second kappa shape index (κ2) is 3.99. The number of nitrogens with zero attached hydrogens (tertiary/aromatic N) is 3. The van der Waals surface area contributed by atoms with Crippen LogP contribution >= 0.6 is 0 Å². The van der Waals surface area contributed by atoms with Crippen molar-refractivity contribution in [1.29, 1.82) is 5.26 Å². The van der Waals surface area contributed by atoms with Crippen LogP contribution in [-0.4, -0.2) is 28.6 Å². The number of aromatic nitrogens is 1. The van der Waals surface area contributed by atoms with Gasteiger partial charge in [-0.05, 0) is 20.8 Å². The molecule has 2 atom stereocenters. The Labute approximate surface area is 104 Å². The van der Waals surface area contributed by atoms with Crippen LogP contribution in [-0.2, 0) is 5.41 Å². The van der Waals surface area contributed by atoms with Crippen LogP contribution in [0.3, 0.4) is 0 Å². The lowest BCUT2D eigenvalue weighted by molar-refractivity contribution is 0.166. The third-order valence-corrected chi connectivity index (χ3v) is 2.92. The first-order valence-corrected chi connectivity index (χ1v) is 5.53. The first kappa shape index (κ1) is 12.4. The monoisotopic (exact) mass is 250 g/mol. The highest BCUT2D eigenvalue weighted by Gasteiger charge is 2.39. The average molecular weight is 250 g/mol. The second-order valence-corrected chi connectivity index (χ2v) is 4.81. The van der Waals surface area contributed by atoms with Gasteiger partial charge in [-0.15, -0.1) is 0 Å². The summed E-state index contributed by atoms with van der Waals surface area (Å²) < 4.78 is 5.06. The molecule has 1 aromatic rings. The van der Waals surface area contributed by atoms with Crippen LogP contribution in [0.5, 0.6) is 0 Å². The van der Waals surface area contributed by atoms with E-state index >= 15 is 0 Å². The van der Waals surface area contributed by atoms with E-state index in [2.05, 4.69) is 16.5 Å². The molecule has 7 heteroatoms. The average Bonchev–Trinajstić information content (AvgIpc) is 2.86. The third-order valence-electron chi connectivity index (χ3n) is 2.92. The molecule has 0 aromatic carbocycles. The van der Waals surface area contributed by atoms with E-state index in [1.807, 2.05) is 0 Å². The zero-order valence-corrected chi connectivity index (χ0v) is 10.3. The maximum atomic E-state index is 11.6. The van der Waals surface area contributed by atoms with Crippen molar-refractivity contribution in [3.05, 3.63) is 11.8 Å². The lowest BCUT2D eigenvalue weighted by Crippen LogP contribution is -2.35. The van der Waals surface area contributed by atoms with Gasteiger partial charge in [0.1, 0.15) is 5.41 Å². The first-order valence-electron chi connectivity index (χ1n) is 5.53. The number of hydrogen-bond donors (Lipinski definition) is 2. The standard InChI is InChI=1S/C11H14N4O3/c1-6-9(16)15(10(17)13-6)8-4-7(18-14-8)11(2,3)5-12/h4,6,9,16H,1-3H3,(H,13,17). The van der Waals surface area contributed by atoms with Gasteiger partial charge in [0.15, 0.2) is 17.8 Å². The van der Waals surface area contributed by atoms with Crippen molar-refractivity contribution in [1.82, 2.24) is 10.5 Å². The van der Waals surface area contributed by atoms with Gasteiger partial charge in [0.25, 0.3) is 0 Å². The van der Waals surface area contributed by atoms with Crippen LogP contribution in [0.25, 0.3) is 0 Å². The van der Waals surface area contributed by atoms with E-state index in [-0.39, 0.29) is 11.9 Å². The van der Waals surface area contributed by atoms with Gasteiger partial charge in [0.05, 0.1) is 12.1 Å². The number of carbonyl (C=O) groups is 1. The SMILES string of the molecule is CC1NC(=O)N(c2cc(C(C)(C)C#N)on2)C1O. The van der Waals surface area contributed by atoms with Gasteiger partial charge in [0, 0.05) is 6.07 Å². The summed E-state index contributed by atoms with van der Waals surface area (Å²) >= 11 is 0. The zero-order chi connectivity index (χ0) is 13.5. The molecular weight excluding hydrogens is 236 g/mol. The number of aliphatic hydroxyl groups excluding tert-OH is 1. The highest BCUT2D eigenvalue weighted by atomic mass is 16.5. The van der Waals surface area contributed by atoms with Crippen molar-refractivity contribution in [3.63, 3.8) is 0 Å².